The third kappa shape index (κ3) is 1.87. The van der Waals surface area contributed by atoms with Crippen LogP contribution in [0.25, 0.3) is 10.9 Å². The molecule has 72 valence electrons. The number of nitrogens with zero attached hydrogens (tertiary/aromatic N) is 3. The Bertz CT molecular complexity index is 437. The van der Waals surface area contributed by atoms with E-state index in [4.69, 9.17) is 0 Å². The molecule has 0 unspecified atom stereocenters. The van der Waals surface area contributed by atoms with Crippen molar-refractivity contribution in [2.45, 2.75) is 20.3 Å². The number of fused-ring (bicyclic) bond motifs is 1. The van der Waals surface area contributed by atoms with E-state index < -0.39 is 0 Å². The van der Waals surface area contributed by atoms with Gasteiger partial charge in [-0.1, -0.05) is 13.8 Å². The van der Waals surface area contributed by atoms with Crippen molar-refractivity contribution >= 4 is 10.9 Å². The fraction of sp³-hybridized carbons (Fsp3) is 0.364. The van der Waals surface area contributed by atoms with E-state index in [0.717, 1.165) is 23.0 Å². The van der Waals surface area contributed by atoms with Gasteiger partial charge in [-0.3, -0.25) is 4.98 Å². The van der Waals surface area contributed by atoms with Gasteiger partial charge in [0.1, 0.15) is 6.33 Å². The first kappa shape index (κ1) is 9.06. The largest absolute Gasteiger partial charge is 0.260 e. The van der Waals surface area contributed by atoms with Gasteiger partial charge in [0.15, 0.2) is 0 Å². The molecule has 0 spiro atoms. The van der Waals surface area contributed by atoms with Crippen LogP contribution in [0, 0.1) is 5.92 Å². The molecule has 0 aliphatic rings. The third-order valence-corrected chi connectivity index (χ3v) is 2.06. The van der Waals surface area contributed by atoms with Gasteiger partial charge in [0.25, 0.3) is 0 Å². The molecule has 0 bridgehead atoms. The lowest BCUT2D eigenvalue weighted by atomic mass is 10.1. The van der Waals surface area contributed by atoms with Crippen LogP contribution >= 0.6 is 0 Å². The molecule has 3 nitrogen and oxygen atoms in total. The summed E-state index contributed by atoms with van der Waals surface area (Å²) >= 11 is 0. The lowest BCUT2D eigenvalue weighted by Crippen LogP contribution is -1.97. The van der Waals surface area contributed by atoms with Gasteiger partial charge in [-0.25, -0.2) is 9.97 Å². The zero-order chi connectivity index (χ0) is 9.97. The van der Waals surface area contributed by atoms with Crippen molar-refractivity contribution in [2.24, 2.45) is 5.92 Å². The van der Waals surface area contributed by atoms with E-state index in [-0.39, 0.29) is 0 Å². The van der Waals surface area contributed by atoms with Crippen LogP contribution in [-0.4, -0.2) is 15.0 Å². The van der Waals surface area contributed by atoms with E-state index in [2.05, 4.69) is 28.8 Å². The van der Waals surface area contributed by atoms with Crippen molar-refractivity contribution in [3.8, 4) is 0 Å². The minimum Gasteiger partial charge on any atom is -0.260 e. The third-order valence-electron chi connectivity index (χ3n) is 2.06. The molecule has 0 saturated carbocycles. The standard InChI is InChI=1S/C11H13N3/c1-8(2)3-10-4-11-9(6-13-10)5-12-7-14-11/h4-8H,3H2,1-2H3. The van der Waals surface area contributed by atoms with Gasteiger partial charge >= 0.3 is 0 Å². The fourth-order valence-corrected chi connectivity index (χ4v) is 1.45. The summed E-state index contributed by atoms with van der Waals surface area (Å²) < 4.78 is 0. The lowest BCUT2D eigenvalue weighted by molar-refractivity contribution is 0.636. The topological polar surface area (TPSA) is 38.7 Å². The molecule has 0 aliphatic heterocycles. The van der Waals surface area contributed by atoms with Gasteiger partial charge in [-0.05, 0) is 18.4 Å². The Hall–Kier alpha value is -1.51. The molecule has 0 atom stereocenters. The van der Waals surface area contributed by atoms with Gasteiger partial charge in [0, 0.05) is 23.5 Å². The molecule has 0 aliphatic carbocycles. The SMILES string of the molecule is CC(C)Cc1cc2ncncc2cn1. The molecule has 0 saturated heterocycles. The van der Waals surface area contributed by atoms with Crippen molar-refractivity contribution in [1.82, 2.24) is 15.0 Å². The van der Waals surface area contributed by atoms with Crippen LogP contribution in [0.5, 0.6) is 0 Å². The van der Waals surface area contributed by atoms with E-state index >= 15 is 0 Å². The van der Waals surface area contributed by atoms with E-state index in [9.17, 15) is 0 Å². The molecule has 14 heavy (non-hydrogen) atoms. The van der Waals surface area contributed by atoms with Crippen LogP contribution in [-0.2, 0) is 6.42 Å². The number of aromatic nitrogens is 3. The quantitative estimate of drug-likeness (QED) is 0.723. The molecule has 0 fully saturated rings. The second-order valence-corrected chi connectivity index (χ2v) is 3.86. The minimum absolute atomic E-state index is 0.627. The first-order valence-electron chi connectivity index (χ1n) is 4.80. The van der Waals surface area contributed by atoms with Gasteiger partial charge in [-0.2, -0.15) is 0 Å². The average molecular weight is 187 g/mol. The highest BCUT2D eigenvalue weighted by Gasteiger charge is 2.01. The van der Waals surface area contributed by atoms with Crippen LogP contribution in [0.4, 0.5) is 0 Å². The molecular formula is C11H13N3. The molecule has 0 aromatic carbocycles. The van der Waals surface area contributed by atoms with Crippen molar-refractivity contribution < 1.29 is 0 Å². The summed E-state index contributed by atoms with van der Waals surface area (Å²) in [6.45, 7) is 4.37. The minimum atomic E-state index is 0.627. The summed E-state index contributed by atoms with van der Waals surface area (Å²) in [6.07, 6.45) is 6.20. The lowest BCUT2D eigenvalue weighted by Gasteiger charge is -2.04. The van der Waals surface area contributed by atoms with E-state index in [0.29, 0.717) is 5.92 Å². The first-order valence-corrected chi connectivity index (χ1v) is 4.80. The van der Waals surface area contributed by atoms with Gasteiger partial charge in [0.05, 0.1) is 5.52 Å². The Labute approximate surface area is 83.2 Å². The van der Waals surface area contributed by atoms with Crippen molar-refractivity contribution in [3.63, 3.8) is 0 Å². The maximum atomic E-state index is 4.37. The Kier molecular flexibility index (Phi) is 2.39. The normalized spacial score (nSPS) is 11.1. The van der Waals surface area contributed by atoms with Crippen LogP contribution in [0.1, 0.15) is 19.5 Å². The zero-order valence-corrected chi connectivity index (χ0v) is 8.44. The van der Waals surface area contributed by atoms with Crippen LogP contribution in [0.15, 0.2) is 24.8 Å². The molecule has 2 aromatic rings. The molecule has 0 N–H and O–H groups in total. The predicted molar refractivity (Wildman–Crippen MR) is 55.9 cm³/mol. The second kappa shape index (κ2) is 3.70. The summed E-state index contributed by atoms with van der Waals surface area (Å²) in [5.41, 5.74) is 2.08. The summed E-state index contributed by atoms with van der Waals surface area (Å²) in [7, 11) is 0. The molecule has 2 rings (SSSR count). The molecule has 2 aromatic heterocycles. The van der Waals surface area contributed by atoms with E-state index in [1.165, 1.54) is 0 Å². The van der Waals surface area contributed by atoms with Crippen molar-refractivity contribution in [3.05, 3.63) is 30.5 Å². The molecule has 0 radical (unpaired) electrons. The second-order valence-electron chi connectivity index (χ2n) is 3.86. The number of hydrogen-bond acceptors (Lipinski definition) is 3. The van der Waals surface area contributed by atoms with Crippen LogP contribution < -0.4 is 0 Å². The van der Waals surface area contributed by atoms with Gasteiger partial charge in [-0.15, -0.1) is 0 Å². The predicted octanol–water partition coefficient (Wildman–Crippen LogP) is 2.22. The van der Waals surface area contributed by atoms with Gasteiger partial charge < -0.3 is 0 Å². The highest BCUT2D eigenvalue weighted by atomic mass is 14.8. The number of rotatable bonds is 2. The monoisotopic (exact) mass is 187 g/mol. The first-order chi connectivity index (χ1) is 6.75. The summed E-state index contributed by atoms with van der Waals surface area (Å²) in [5.74, 6) is 0.627. The Morgan fingerprint density at radius 3 is 2.86 bits per heavy atom. The summed E-state index contributed by atoms with van der Waals surface area (Å²) in [6, 6.07) is 2.04. The average Bonchev–Trinajstić information content (AvgIpc) is 2.17. The van der Waals surface area contributed by atoms with Crippen molar-refractivity contribution in [2.75, 3.05) is 0 Å². The molecule has 0 amide bonds. The Morgan fingerprint density at radius 1 is 1.21 bits per heavy atom. The summed E-state index contributed by atoms with van der Waals surface area (Å²) in [4.78, 5) is 12.5. The highest BCUT2D eigenvalue weighted by molar-refractivity contribution is 5.76. The zero-order valence-electron chi connectivity index (χ0n) is 8.44. The smallest absolute Gasteiger partial charge is 0.116 e. The fourth-order valence-electron chi connectivity index (χ4n) is 1.45. The van der Waals surface area contributed by atoms with E-state index in [1.54, 1.807) is 12.5 Å². The molecule has 2 heterocycles. The highest BCUT2D eigenvalue weighted by Crippen LogP contribution is 2.12. The number of hydrogen-bond donors (Lipinski definition) is 0. The van der Waals surface area contributed by atoms with Gasteiger partial charge in [0.2, 0.25) is 0 Å². The maximum absolute atomic E-state index is 4.37. The van der Waals surface area contributed by atoms with Crippen molar-refractivity contribution in [1.29, 1.82) is 0 Å². The molecular weight excluding hydrogens is 174 g/mol. The molecule has 3 heteroatoms. The number of pyridine rings is 1. The van der Waals surface area contributed by atoms with Crippen LogP contribution in [0.3, 0.4) is 0 Å². The maximum Gasteiger partial charge on any atom is 0.116 e. The van der Waals surface area contributed by atoms with Crippen LogP contribution in [0.2, 0.25) is 0 Å². The Morgan fingerprint density at radius 2 is 2.07 bits per heavy atom. The van der Waals surface area contributed by atoms with E-state index in [1.807, 2.05) is 12.3 Å². The summed E-state index contributed by atoms with van der Waals surface area (Å²) in [5, 5.41) is 1.00. The Balaban J connectivity index is 2.41.